The van der Waals surface area contributed by atoms with Gasteiger partial charge in [0.25, 0.3) is 0 Å². The molecule has 1 amide bonds. The van der Waals surface area contributed by atoms with Crippen molar-refractivity contribution in [3.63, 3.8) is 0 Å². The second-order valence-corrected chi connectivity index (χ2v) is 3.88. The van der Waals surface area contributed by atoms with Crippen molar-refractivity contribution in [2.45, 2.75) is 20.8 Å². The van der Waals surface area contributed by atoms with Gasteiger partial charge < -0.3 is 9.73 Å². The molecule has 5 heteroatoms. The van der Waals surface area contributed by atoms with E-state index in [0.29, 0.717) is 11.6 Å². The Labute approximate surface area is 98.9 Å². The molecule has 0 bridgehead atoms. The molecule has 1 N–H and O–H groups in total. The number of nitrogens with one attached hydrogen (secondary N) is 1. The first-order chi connectivity index (χ1) is 8.06. The number of hydrogen-bond donors (Lipinski definition) is 1. The zero-order valence-electron chi connectivity index (χ0n) is 9.94. The van der Waals surface area contributed by atoms with Gasteiger partial charge in [0, 0.05) is 12.6 Å². The molecule has 0 atom stereocenters. The molecule has 0 radical (unpaired) electrons. The largest absolute Gasteiger partial charge is 0.417 e. The summed E-state index contributed by atoms with van der Waals surface area (Å²) in [6.07, 6.45) is 0. The number of aryl methyl sites for hydroxylation is 3. The van der Waals surface area contributed by atoms with Crippen LogP contribution in [0.2, 0.25) is 0 Å². The van der Waals surface area contributed by atoms with Gasteiger partial charge in [0.1, 0.15) is 0 Å². The molecule has 88 valence electrons. The molecule has 0 saturated heterocycles. The average Bonchev–Trinajstić information content (AvgIpc) is 2.70. The number of benzene rings is 1. The lowest BCUT2D eigenvalue weighted by Crippen LogP contribution is -2.12. The van der Waals surface area contributed by atoms with Crippen molar-refractivity contribution in [2.75, 3.05) is 5.32 Å². The van der Waals surface area contributed by atoms with Crippen LogP contribution >= 0.6 is 0 Å². The maximum atomic E-state index is 11.7. The molecule has 0 spiro atoms. The first-order valence-corrected chi connectivity index (χ1v) is 5.25. The molecule has 0 aliphatic heterocycles. The van der Waals surface area contributed by atoms with Crippen LogP contribution in [-0.4, -0.2) is 16.1 Å². The fraction of sp³-hybridized carbons (Fsp3) is 0.250. The lowest BCUT2D eigenvalue weighted by molar-refractivity contribution is 0.0989. The summed E-state index contributed by atoms with van der Waals surface area (Å²) in [6.45, 7) is 5.64. The van der Waals surface area contributed by atoms with Gasteiger partial charge in [-0.1, -0.05) is 6.07 Å². The standard InChI is InChI=1S/C12H13N3O2/c1-7-4-5-10(6-8(7)2)13-11(16)12-15-14-9(3)17-12/h4-6H,1-3H3,(H,13,16). The average molecular weight is 231 g/mol. The summed E-state index contributed by atoms with van der Waals surface area (Å²) in [5.41, 5.74) is 3.01. The minimum atomic E-state index is -0.395. The lowest BCUT2D eigenvalue weighted by Gasteiger charge is -2.05. The van der Waals surface area contributed by atoms with E-state index in [4.69, 9.17) is 4.42 Å². The molecule has 0 fully saturated rings. The molecular weight excluding hydrogens is 218 g/mol. The van der Waals surface area contributed by atoms with Gasteiger partial charge in [-0.3, -0.25) is 4.79 Å². The van der Waals surface area contributed by atoms with E-state index in [1.54, 1.807) is 6.92 Å². The van der Waals surface area contributed by atoms with Crippen LogP contribution in [0.1, 0.15) is 27.7 Å². The molecule has 1 aromatic carbocycles. The SMILES string of the molecule is Cc1nnc(C(=O)Nc2ccc(C)c(C)c2)o1. The highest BCUT2D eigenvalue weighted by Gasteiger charge is 2.13. The number of rotatable bonds is 2. The molecule has 1 aromatic heterocycles. The predicted molar refractivity (Wildman–Crippen MR) is 62.9 cm³/mol. The number of nitrogens with zero attached hydrogens (tertiary/aromatic N) is 2. The van der Waals surface area contributed by atoms with Gasteiger partial charge in [-0.25, -0.2) is 0 Å². The summed E-state index contributed by atoms with van der Waals surface area (Å²) >= 11 is 0. The number of amides is 1. The minimum absolute atomic E-state index is 0.0271. The van der Waals surface area contributed by atoms with E-state index >= 15 is 0 Å². The minimum Gasteiger partial charge on any atom is -0.417 e. The number of aromatic nitrogens is 2. The fourth-order valence-electron chi connectivity index (χ4n) is 1.39. The number of anilines is 1. The number of hydrogen-bond acceptors (Lipinski definition) is 4. The number of carbonyl (C=O) groups is 1. The maximum absolute atomic E-state index is 11.7. The number of carbonyl (C=O) groups excluding carboxylic acids is 1. The Kier molecular flexibility index (Phi) is 2.91. The summed E-state index contributed by atoms with van der Waals surface area (Å²) in [6, 6.07) is 5.68. The molecule has 17 heavy (non-hydrogen) atoms. The van der Waals surface area contributed by atoms with E-state index in [1.165, 1.54) is 5.56 Å². The van der Waals surface area contributed by atoms with Crippen molar-refractivity contribution < 1.29 is 9.21 Å². The van der Waals surface area contributed by atoms with Gasteiger partial charge in [0.15, 0.2) is 0 Å². The van der Waals surface area contributed by atoms with Crippen LogP contribution in [0, 0.1) is 20.8 Å². The van der Waals surface area contributed by atoms with Crippen LogP contribution in [0.5, 0.6) is 0 Å². The van der Waals surface area contributed by atoms with Crippen LogP contribution < -0.4 is 5.32 Å². The molecule has 0 unspecified atom stereocenters. The Morgan fingerprint density at radius 3 is 2.53 bits per heavy atom. The van der Waals surface area contributed by atoms with E-state index in [0.717, 1.165) is 5.56 Å². The highest BCUT2D eigenvalue weighted by atomic mass is 16.4. The molecular formula is C12H13N3O2. The third-order valence-corrected chi connectivity index (χ3v) is 2.49. The second-order valence-electron chi connectivity index (χ2n) is 3.88. The van der Waals surface area contributed by atoms with E-state index in [9.17, 15) is 4.79 Å². The summed E-state index contributed by atoms with van der Waals surface area (Å²) < 4.78 is 5.04. The zero-order chi connectivity index (χ0) is 12.4. The quantitative estimate of drug-likeness (QED) is 0.860. The van der Waals surface area contributed by atoms with Gasteiger partial charge in [-0.05, 0) is 37.1 Å². The highest BCUT2D eigenvalue weighted by Crippen LogP contribution is 2.14. The van der Waals surface area contributed by atoms with Gasteiger partial charge in [0.05, 0.1) is 0 Å². The van der Waals surface area contributed by atoms with E-state index in [1.807, 2.05) is 32.0 Å². The van der Waals surface area contributed by atoms with E-state index in [2.05, 4.69) is 15.5 Å². The fourth-order valence-corrected chi connectivity index (χ4v) is 1.39. The van der Waals surface area contributed by atoms with Crippen molar-refractivity contribution >= 4 is 11.6 Å². The topological polar surface area (TPSA) is 68.0 Å². The van der Waals surface area contributed by atoms with Gasteiger partial charge >= 0.3 is 11.8 Å². The zero-order valence-corrected chi connectivity index (χ0v) is 9.94. The van der Waals surface area contributed by atoms with E-state index < -0.39 is 5.91 Å². The van der Waals surface area contributed by atoms with Crippen molar-refractivity contribution in [1.29, 1.82) is 0 Å². The van der Waals surface area contributed by atoms with Gasteiger partial charge in [-0.2, -0.15) is 0 Å². The molecule has 0 aliphatic carbocycles. The summed E-state index contributed by atoms with van der Waals surface area (Å²) in [4.78, 5) is 11.7. The van der Waals surface area contributed by atoms with Crippen molar-refractivity contribution in [3.8, 4) is 0 Å². The van der Waals surface area contributed by atoms with Crippen LogP contribution in [0.15, 0.2) is 22.6 Å². The molecule has 1 heterocycles. The summed E-state index contributed by atoms with van der Waals surface area (Å²) in [7, 11) is 0. The smallest absolute Gasteiger partial charge is 0.313 e. The first-order valence-electron chi connectivity index (χ1n) is 5.25. The third-order valence-electron chi connectivity index (χ3n) is 2.49. The lowest BCUT2D eigenvalue weighted by atomic mass is 10.1. The predicted octanol–water partition coefficient (Wildman–Crippen LogP) is 2.25. The van der Waals surface area contributed by atoms with Crippen molar-refractivity contribution in [2.24, 2.45) is 0 Å². The molecule has 2 aromatic rings. The Morgan fingerprint density at radius 2 is 1.94 bits per heavy atom. The van der Waals surface area contributed by atoms with Crippen molar-refractivity contribution in [1.82, 2.24) is 10.2 Å². The Morgan fingerprint density at radius 1 is 1.18 bits per heavy atom. The van der Waals surface area contributed by atoms with Crippen LogP contribution in [0.4, 0.5) is 5.69 Å². The Balaban J connectivity index is 2.15. The van der Waals surface area contributed by atoms with Crippen LogP contribution in [0.3, 0.4) is 0 Å². The van der Waals surface area contributed by atoms with E-state index in [-0.39, 0.29) is 5.89 Å². The monoisotopic (exact) mass is 231 g/mol. The molecule has 0 aliphatic rings. The Hall–Kier alpha value is -2.17. The summed E-state index contributed by atoms with van der Waals surface area (Å²) in [5.74, 6) is -0.0511. The highest BCUT2D eigenvalue weighted by molar-refractivity contribution is 6.00. The van der Waals surface area contributed by atoms with Crippen LogP contribution in [-0.2, 0) is 0 Å². The van der Waals surface area contributed by atoms with Gasteiger partial charge in [0.2, 0.25) is 5.89 Å². The molecule has 2 rings (SSSR count). The van der Waals surface area contributed by atoms with Crippen molar-refractivity contribution in [3.05, 3.63) is 41.1 Å². The Bertz CT molecular complexity index is 561. The first kappa shape index (κ1) is 11.3. The third kappa shape index (κ3) is 2.50. The second kappa shape index (κ2) is 4.37. The van der Waals surface area contributed by atoms with Gasteiger partial charge in [-0.15, -0.1) is 10.2 Å². The summed E-state index contributed by atoms with van der Waals surface area (Å²) in [5, 5.41) is 9.96. The molecule has 5 nitrogen and oxygen atoms in total. The normalized spacial score (nSPS) is 10.3. The van der Waals surface area contributed by atoms with Crippen LogP contribution in [0.25, 0.3) is 0 Å². The molecule has 0 saturated carbocycles. The maximum Gasteiger partial charge on any atom is 0.313 e.